The van der Waals surface area contributed by atoms with Crippen molar-refractivity contribution in [3.05, 3.63) is 17.5 Å². The van der Waals surface area contributed by atoms with Crippen LogP contribution in [0.2, 0.25) is 0 Å². The number of aromatic amines is 1. The fraction of sp³-hybridized carbons (Fsp3) is 0.684. The molecule has 27 heavy (non-hydrogen) atoms. The zero-order valence-corrected chi connectivity index (χ0v) is 16.4. The molecule has 1 aliphatic carbocycles. The van der Waals surface area contributed by atoms with Gasteiger partial charge in [-0.1, -0.05) is 13.3 Å². The second-order valence-electron chi connectivity index (χ2n) is 7.47. The van der Waals surface area contributed by atoms with E-state index in [1.807, 2.05) is 13.0 Å². The van der Waals surface area contributed by atoms with Crippen LogP contribution in [-0.2, 0) is 16.0 Å². The van der Waals surface area contributed by atoms with Gasteiger partial charge in [-0.15, -0.1) is 0 Å². The summed E-state index contributed by atoms with van der Waals surface area (Å²) < 4.78 is 0. The fourth-order valence-electron chi connectivity index (χ4n) is 3.97. The van der Waals surface area contributed by atoms with Gasteiger partial charge in [-0.2, -0.15) is 5.10 Å². The van der Waals surface area contributed by atoms with Crippen molar-refractivity contribution >= 4 is 17.7 Å². The molecule has 1 unspecified atom stereocenters. The van der Waals surface area contributed by atoms with E-state index in [9.17, 15) is 14.4 Å². The maximum absolute atomic E-state index is 12.9. The molecular weight excluding hydrogens is 346 g/mol. The molecule has 3 rings (SSSR count). The number of amides is 3. The quantitative estimate of drug-likeness (QED) is 0.693. The molecule has 148 valence electrons. The summed E-state index contributed by atoms with van der Waals surface area (Å²) in [5, 5.41) is 9.69. The van der Waals surface area contributed by atoms with E-state index in [1.54, 1.807) is 16.8 Å². The van der Waals surface area contributed by atoms with Gasteiger partial charge in [0.15, 0.2) is 0 Å². The number of carbonyl (C=O) groups is 3. The molecule has 2 N–H and O–H groups in total. The lowest BCUT2D eigenvalue weighted by molar-refractivity contribution is -0.143. The smallest absolute Gasteiger partial charge is 0.274 e. The van der Waals surface area contributed by atoms with Gasteiger partial charge in [-0.25, -0.2) is 0 Å². The number of hydrogen-bond donors (Lipinski definition) is 2. The van der Waals surface area contributed by atoms with Crippen LogP contribution >= 0.6 is 0 Å². The summed E-state index contributed by atoms with van der Waals surface area (Å²) in [7, 11) is 1.57. The first kappa shape index (κ1) is 19.4. The van der Waals surface area contributed by atoms with Gasteiger partial charge in [-0.05, 0) is 38.7 Å². The first-order valence-electron chi connectivity index (χ1n) is 9.83. The van der Waals surface area contributed by atoms with E-state index in [-0.39, 0.29) is 23.8 Å². The molecular formula is C19H29N5O3. The van der Waals surface area contributed by atoms with Gasteiger partial charge in [0.25, 0.3) is 5.91 Å². The van der Waals surface area contributed by atoms with Crippen LogP contribution in [-0.4, -0.2) is 70.4 Å². The molecule has 3 amide bonds. The summed E-state index contributed by atoms with van der Waals surface area (Å²) in [5.74, 6) is -0.403. The molecule has 2 heterocycles. The molecule has 2 fully saturated rings. The fourth-order valence-corrected chi connectivity index (χ4v) is 3.97. The predicted molar refractivity (Wildman–Crippen MR) is 100 cm³/mol. The maximum atomic E-state index is 12.9. The minimum Gasteiger partial charge on any atom is -0.358 e. The topological polar surface area (TPSA) is 98.4 Å². The Bertz CT molecular complexity index is 725. The van der Waals surface area contributed by atoms with E-state index in [0.717, 1.165) is 25.0 Å². The summed E-state index contributed by atoms with van der Waals surface area (Å²) in [6.07, 6.45) is 3.79. The third-order valence-electron chi connectivity index (χ3n) is 5.68. The minimum absolute atomic E-state index is 0.0433. The Morgan fingerprint density at radius 1 is 1.37 bits per heavy atom. The molecule has 0 spiro atoms. The first-order chi connectivity index (χ1) is 13.0. The number of hydrogen-bond acceptors (Lipinski definition) is 4. The number of rotatable bonds is 7. The van der Waals surface area contributed by atoms with Crippen LogP contribution < -0.4 is 5.32 Å². The standard InChI is InChI=1S/C19H29N5O3/c1-4-6-13-11-15(22-21-13)16(25)24(5-2)14-7-10-23(12-14)18(27)19(8-9-19)17(26)20-3/h11,14H,4-10,12H2,1-3H3,(H,20,26)(H,21,22). The Kier molecular flexibility index (Phi) is 5.53. The number of nitrogens with one attached hydrogen (secondary N) is 2. The van der Waals surface area contributed by atoms with E-state index >= 15 is 0 Å². The molecule has 8 heteroatoms. The number of likely N-dealkylation sites (N-methyl/N-ethyl adjacent to an activating group) is 1. The van der Waals surface area contributed by atoms with Gasteiger partial charge in [0.1, 0.15) is 11.1 Å². The number of likely N-dealkylation sites (tertiary alicyclic amines) is 1. The van der Waals surface area contributed by atoms with Gasteiger partial charge in [0.05, 0.1) is 6.04 Å². The molecule has 2 aliphatic rings. The van der Waals surface area contributed by atoms with Crippen LogP contribution in [0, 0.1) is 5.41 Å². The maximum Gasteiger partial charge on any atom is 0.274 e. The second-order valence-corrected chi connectivity index (χ2v) is 7.47. The zero-order valence-electron chi connectivity index (χ0n) is 16.4. The van der Waals surface area contributed by atoms with Crippen molar-refractivity contribution in [2.24, 2.45) is 5.41 Å². The van der Waals surface area contributed by atoms with Gasteiger partial charge in [0, 0.05) is 32.4 Å². The average Bonchev–Trinajstić information content (AvgIpc) is 3.11. The van der Waals surface area contributed by atoms with Crippen LogP contribution in [0.1, 0.15) is 55.7 Å². The van der Waals surface area contributed by atoms with Gasteiger partial charge >= 0.3 is 0 Å². The Balaban J connectivity index is 1.66. The highest BCUT2D eigenvalue weighted by molar-refractivity contribution is 6.07. The number of nitrogens with zero attached hydrogens (tertiary/aromatic N) is 3. The lowest BCUT2D eigenvalue weighted by atomic mass is 10.0. The summed E-state index contributed by atoms with van der Waals surface area (Å²) in [6.45, 7) is 5.63. The Morgan fingerprint density at radius 2 is 2.11 bits per heavy atom. The Hall–Kier alpha value is -2.38. The van der Waals surface area contributed by atoms with Crippen molar-refractivity contribution in [3.63, 3.8) is 0 Å². The molecule has 0 radical (unpaired) electrons. The Labute approximate surface area is 159 Å². The van der Waals surface area contributed by atoms with Crippen molar-refractivity contribution < 1.29 is 14.4 Å². The van der Waals surface area contributed by atoms with Crippen molar-refractivity contribution in [2.75, 3.05) is 26.7 Å². The van der Waals surface area contributed by atoms with Crippen LogP contribution in [0.15, 0.2) is 6.07 Å². The summed E-state index contributed by atoms with van der Waals surface area (Å²) in [5.41, 5.74) is 0.512. The molecule has 1 aromatic rings. The molecule has 8 nitrogen and oxygen atoms in total. The van der Waals surface area contributed by atoms with Crippen LogP contribution in [0.5, 0.6) is 0 Å². The number of aryl methyl sites for hydroxylation is 1. The van der Waals surface area contributed by atoms with Crippen LogP contribution in [0.4, 0.5) is 0 Å². The van der Waals surface area contributed by atoms with Gasteiger partial charge < -0.3 is 15.1 Å². The number of H-pyrrole nitrogens is 1. The van der Waals surface area contributed by atoms with E-state index in [2.05, 4.69) is 22.4 Å². The van der Waals surface area contributed by atoms with Gasteiger partial charge in [-0.3, -0.25) is 19.5 Å². The van der Waals surface area contributed by atoms with Crippen molar-refractivity contribution in [3.8, 4) is 0 Å². The average molecular weight is 375 g/mol. The lowest BCUT2D eigenvalue weighted by Gasteiger charge is -2.28. The monoisotopic (exact) mass is 375 g/mol. The predicted octanol–water partition coefficient (Wildman–Crippen LogP) is 0.951. The van der Waals surface area contributed by atoms with E-state index in [1.165, 1.54) is 0 Å². The summed E-state index contributed by atoms with van der Waals surface area (Å²) in [4.78, 5) is 41.4. The SMILES string of the molecule is CCCc1cc(C(=O)N(CC)C2CCN(C(=O)C3(C(=O)NC)CC3)C2)n[nH]1. The van der Waals surface area contributed by atoms with E-state index in [4.69, 9.17) is 0 Å². The van der Waals surface area contributed by atoms with Crippen molar-refractivity contribution in [1.82, 2.24) is 25.3 Å². The van der Waals surface area contributed by atoms with Crippen LogP contribution in [0.3, 0.4) is 0 Å². The minimum atomic E-state index is -0.873. The molecule has 1 saturated heterocycles. The third-order valence-corrected chi connectivity index (χ3v) is 5.68. The largest absolute Gasteiger partial charge is 0.358 e. The molecule has 0 aromatic carbocycles. The molecule has 1 aliphatic heterocycles. The summed E-state index contributed by atoms with van der Waals surface area (Å²) in [6, 6.07) is 1.77. The van der Waals surface area contributed by atoms with E-state index < -0.39 is 5.41 Å². The highest BCUT2D eigenvalue weighted by atomic mass is 16.2. The number of aromatic nitrogens is 2. The zero-order chi connectivity index (χ0) is 19.6. The van der Waals surface area contributed by atoms with Crippen LogP contribution in [0.25, 0.3) is 0 Å². The third kappa shape index (κ3) is 3.57. The summed E-state index contributed by atoms with van der Waals surface area (Å²) >= 11 is 0. The van der Waals surface area contributed by atoms with Crippen molar-refractivity contribution in [2.45, 2.75) is 52.0 Å². The highest BCUT2D eigenvalue weighted by Crippen LogP contribution is 2.48. The van der Waals surface area contributed by atoms with Gasteiger partial charge in [0.2, 0.25) is 11.8 Å². The normalized spacial score (nSPS) is 20.4. The molecule has 1 aromatic heterocycles. The Morgan fingerprint density at radius 3 is 2.70 bits per heavy atom. The molecule has 0 bridgehead atoms. The molecule has 1 atom stereocenters. The number of carbonyl (C=O) groups excluding carboxylic acids is 3. The van der Waals surface area contributed by atoms with E-state index in [0.29, 0.717) is 38.2 Å². The molecule has 1 saturated carbocycles. The van der Waals surface area contributed by atoms with Crippen molar-refractivity contribution in [1.29, 1.82) is 0 Å². The lowest BCUT2D eigenvalue weighted by Crippen LogP contribution is -2.46. The first-order valence-corrected chi connectivity index (χ1v) is 9.83. The second kappa shape index (κ2) is 7.70. The highest BCUT2D eigenvalue weighted by Gasteiger charge is 2.58.